The number of hydrogen-bond donors (Lipinski definition) is 2. The highest BCUT2D eigenvalue weighted by Gasteiger charge is 2.28. The van der Waals surface area contributed by atoms with Crippen molar-refractivity contribution in [1.82, 2.24) is 4.98 Å². The molecule has 1 saturated heterocycles. The van der Waals surface area contributed by atoms with Crippen molar-refractivity contribution < 1.29 is 18.3 Å². The SMILES string of the molecule is CCc1ccc(S(=O)(=O)Nc2cc(C(=O)O)cnc2N2CCN(c3cccc(C)c3)C(C)C2)cc1. The first-order valence-electron chi connectivity index (χ1n) is 11.6. The van der Waals surface area contributed by atoms with Crippen LogP contribution in [0.1, 0.15) is 35.3 Å². The molecule has 1 atom stereocenters. The van der Waals surface area contributed by atoms with E-state index in [4.69, 9.17) is 0 Å². The van der Waals surface area contributed by atoms with Gasteiger partial charge in [0.15, 0.2) is 5.82 Å². The summed E-state index contributed by atoms with van der Waals surface area (Å²) in [6.45, 7) is 8.10. The minimum Gasteiger partial charge on any atom is -0.478 e. The molecule has 1 aromatic heterocycles. The Morgan fingerprint density at radius 1 is 1.14 bits per heavy atom. The molecule has 0 aliphatic carbocycles. The maximum atomic E-state index is 13.1. The zero-order valence-corrected chi connectivity index (χ0v) is 20.9. The van der Waals surface area contributed by atoms with Crippen molar-refractivity contribution in [2.45, 2.75) is 38.1 Å². The number of sulfonamides is 1. The number of benzene rings is 2. The average Bonchev–Trinajstić information content (AvgIpc) is 2.83. The summed E-state index contributed by atoms with van der Waals surface area (Å²) in [7, 11) is -3.93. The molecule has 1 fully saturated rings. The number of nitrogens with one attached hydrogen (secondary N) is 1. The molecule has 0 amide bonds. The van der Waals surface area contributed by atoms with Gasteiger partial charge in [0.2, 0.25) is 0 Å². The normalized spacial score (nSPS) is 16.3. The molecule has 2 heterocycles. The van der Waals surface area contributed by atoms with E-state index >= 15 is 0 Å². The van der Waals surface area contributed by atoms with E-state index in [0.29, 0.717) is 18.9 Å². The number of piperazine rings is 1. The molecule has 0 saturated carbocycles. The van der Waals surface area contributed by atoms with Crippen LogP contribution in [0.3, 0.4) is 0 Å². The van der Waals surface area contributed by atoms with Crippen LogP contribution in [0.2, 0.25) is 0 Å². The number of aromatic nitrogens is 1. The van der Waals surface area contributed by atoms with E-state index in [2.05, 4.69) is 46.7 Å². The smallest absolute Gasteiger partial charge is 0.337 e. The van der Waals surface area contributed by atoms with Gasteiger partial charge in [-0.15, -0.1) is 0 Å². The second kappa shape index (κ2) is 9.95. The van der Waals surface area contributed by atoms with Crippen LogP contribution in [-0.2, 0) is 16.4 Å². The molecule has 0 bridgehead atoms. The maximum Gasteiger partial charge on any atom is 0.337 e. The molecule has 4 rings (SSSR count). The minimum atomic E-state index is -3.93. The van der Waals surface area contributed by atoms with Crippen LogP contribution in [0.15, 0.2) is 65.7 Å². The number of nitrogens with zero attached hydrogens (tertiary/aromatic N) is 3. The number of aryl methyl sites for hydroxylation is 2. The molecule has 3 aromatic rings. The number of carboxylic acids is 1. The highest BCUT2D eigenvalue weighted by atomic mass is 32.2. The van der Waals surface area contributed by atoms with Gasteiger partial charge in [-0.25, -0.2) is 18.2 Å². The summed E-state index contributed by atoms with van der Waals surface area (Å²) in [4.78, 5) is 20.4. The van der Waals surface area contributed by atoms with Crippen LogP contribution >= 0.6 is 0 Å². The van der Waals surface area contributed by atoms with Gasteiger partial charge in [0, 0.05) is 37.6 Å². The van der Waals surface area contributed by atoms with Crippen molar-refractivity contribution in [3.05, 3.63) is 77.5 Å². The standard InChI is InChI=1S/C26H30N4O4S/c1-4-20-8-10-23(11-9-20)35(33,34)28-24-15-21(26(31)32)16-27-25(24)29-12-13-30(19(3)17-29)22-7-5-6-18(2)14-22/h5-11,14-16,19,28H,4,12-13,17H2,1-3H3,(H,31,32). The van der Waals surface area contributed by atoms with Gasteiger partial charge >= 0.3 is 5.97 Å². The summed E-state index contributed by atoms with van der Waals surface area (Å²) in [5, 5.41) is 9.47. The van der Waals surface area contributed by atoms with Crippen LogP contribution < -0.4 is 14.5 Å². The summed E-state index contributed by atoms with van der Waals surface area (Å²) in [6.07, 6.45) is 2.07. The van der Waals surface area contributed by atoms with E-state index < -0.39 is 16.0 Å². The van der Waals surface area contributed by atoms with Crippen molar-refractivity contribution in [2.24, 2.45) is 0 Å². The van der Waals surface area contributed by atoms with Crippen LogP contribution in [-0.4, -0.2) is 50.2 Å². The summed E-state index contributed by atoms with van der Waals surface area (Å²) < 4.78 is 28.9. The Morgan fingerprint density at radius 2 is 1.89 bits per heavy atom. The first-order chi connectivity index (χ1) is 16.7. The number of carboxylic acid groups (broad SMARTS) is 1. The number of carbonyl (C=O) groups is 1. The van der Waals surface area contributed by atoms with Crippen molar-refractivity contribution in [3.63, 3.8) is 0 Å². The zero-order valence-electron chi connectivity index (χ0n) is 20.1. The molecule has 2 N–H and O–H groups in total. The molecule has 2 aromatic carbocycles. The molecule has 0 spiro atoms. The topological polar surface area (TPSA) is 103 Å². The predicted octanol–water partition coefficient (Wildman–Crippen LogP) is 4.17. The van der Waals surface area contributed by atoms with Crippen molar-refractivity contribution in [3.8, 4) is 0 Å². The highest BCUT2D eigenvalue weighted by molar-refractivity contribution is 7.92. The second-order valence-electron chi connectivity index (χ2n) is 8.83. The summed E-state index contributed by atoms with van der Waals surface area (Å²) >= 11 is 0. The Bertz CT molecular complexity index is 1330. The quantitative estimate of drug-likeness (QED) is 0.508. The Morgan fingerprint density at radius 3 is 2.51 bits per heavy atom. The van der Waals surface area contributed by atoms with Gasteiger partial charge in [-0.1, -0.05) is 31.2 Å². The fourth-order valence-corrected chi connectivity index (χ4v) is 5.40. The van der Waals surface area contributed by atoms with E-state index in [-0.39, 0.29) is 22.2 Å². The molecule has 0 radical (unpaired) electrons. The molecular weight excluding hydrogens is 464 g/mol. The fourth-order valence-electron chi connectivity index (χ4n) is 4.35. The van der Waals surface area contributed by atoms with Gasteiger partial charge in [-0.3, -0.25) is 4.72 Å². The second-order valence-corrected chi connectivity index (χ2v) is 10.5. The summed E-state index contributed by atoms with van der Waals surface area (Å²) in [5.74, 6) is -0.756. The monoisotopic (exact) mass is 494 g/mol. The van der Waals surface area contributed by atoms with Crippen LogP contribution in [0.4, 0.5) is 17.2 Å². The lowest BCUT2D eigenvalue weighted by molar-refractivity contribution is 0.0696. The molecular formula is C26H30N4O4S. The van der Waals surface area contributed by atoms with Gasteiger partial charge in [0.05, 0.1) is 16.1 Å². The Balaban J connectivity index is 1.62. The van der Waals surface area contributed by atoms with Crippen molar-refractivity contribution >= 4 is 33.2 Å². The molecule has 1 aliphatic heterocycles. The number of pyridine rings is 1. The van der Waals surface area contributed by atoms with Gasteiger partial charge < -0.3 is 14.9 Å². The van der Waals surface area contributed by atoms with E-state index in [1.165, 1.54) is 17.8 Å². The van der Waals surface area contributed by atoms with E-state index in [1.807, 2.05) is 17.9 Å². The summed E-state index contributed by atoms with van der Waals surface area (Å²) in [6, 6.07) is 16.5. The average molecular weight is 495 g/mol. The molecule has 9 heteroatoms. The lowest BCUT2D eigenvalue weighted by atomic mass is 10.1. The summed E-state index contributed by atoms with van der Waals surface area (Å²) in [5.41, 5.74) is 3.43. The lowest BCUT2D eigenvalue weighted by Crippen LogP contribution is -2.52. The van der Waals surface area contributed by atoms with E-state index in [0.717, 1.165) is 24.2 Å². The lowest BCUT2D eigenvalue weighted by Gasteiger charge is -2.42. The highest BCUT2D eigenvalue weighted by Crippen LogP contribution is 2.30. The first-order valence-corrected chi connectivity index (χ1v) is 13.1. The van der Waals surface area contributed by atoms with Gasteiger partial charge in [0.1, 0.15) is 0 Å². The van der Waals surface area contributed by atoms with E-state index in [9.17, 15) is 18.3 Å². The Kier molecular flexibility index (Phi) is 6.98. The minimum absolute atomic E-state index is 0.0840. The van der Waals surface area contributed by atoms with Crippen LogP contribution in [0.5, 0.6) is 0 Å². The van der Waals surface area contributed by atoms with Crippen LogP contribution in [0.25, 0.3) is 0 Å². The number of hydrogen-bond acceptors (Lipinski definition) is 6. The molecule has 8 nitrogen and oxygen atoms in total. The van der Waals surface area contributed by atoms with Crippen molar-refractivity contribution in [1.29, 1.82) is 0 Å². The van der Waals surface area contributed by atoms with Crippen molar-refractivity contribution in [2.75, 3.05) is 34.2 Å². The maximum absolute atomic E-state index is 13.1. The molecule has 35 heavy (non-hydrogen) atoms. The zero-order chi connectivity index (χ0) is 25.2. The molecule has 1 aliphatic rings. The first kappa shape index (κ1) is 24.5. The van der Waals surface area contributed by atoms with Gasteiger partial charge in [-0.05, 0) is 61.7 Å². The number of anilines is 3. The largest absolute Gasteiger partial charge is 0.478 e. The van der Waals surface area contributed by atoms with Gasteiger partial charge in [-0.2, -0.15) is 0 Å². The van der Waals surface area contributed by atoms with Gasteiger partial charge in [0.25, 0.3) is 10.0 Å². The number of rotatable bonds is 7. The fraction of sp³-hybridized carbons (Fsp3) is 0.308. The third kappa shape index (κ3) is 5.40. The molecule has 1 unspecified atom stereocenters. The molecule has 184 valence electrons. The number of aromatic carboxylic acids is 1. The predicted molar refractivity (Wildman–Crippen MR) is 138 cm³/mol. The third-order valence-electron chi connectivity index (χ3n) is 6.26. The third-order valence-corrected chi connectivity index (χ3v) is 7.64. The Hall–Kier alpha value is -3.59. The van der Waals surface area contributed by atoms with Crippen LogP contribution in [0, 0.1) is 6.92 Å². The Labute approximate surface area is 206 Å². The van der Waals surface area contributed by atoms with E-state index in [1.54, 1.807) is 24.3 Å².